The van der Waals surface area contributed by atoms with Crippen LogP contribution in [0, 0.1) is 28.8 Å². The fraction of sp³-hybridized carbons (Fsp3) is 0.435. The highest BCUT2D eigenvalue weighted by Crippen LogP contribution is 2.47. The van der Waals surface area contributed by atoms with Crippen LogP contribution < -0.4 is 5.32 Å². The number of carbonyl (C=O) groups is 1. The number of hydrogen-bond donors (Lipinski definition) is 1. The second-order valence-electron chi connectivity index (χ2n) is 8.89. The van der Waals surface area contributed by atoms with E-state index in [0.717, 1.165) is 24.5 Å². The third-order valence-corrected chi connectivity index (χ3v) is 8.78. The van der Waals surface area contributed by atoms with Gasteiger partial charge >= 0.3 is 0 Å². The highest BCUT2D eigenvalue weighted by atomic mass is 32.2. The predicted octanol–water partition coefficient (Wildman–Crippen LogP) is 3.29. The number of nitrogens with one attached hydrogen (secondary N) is 1. The second kappa shape index (κ2) is 8.83. The molecule has 1 amide bonds. The van der Waals surface area contributed by atoms with Crippen molar-refractivity contribution in [2.75, 3.05) is 19.6 Å². The number of piperidine rings is 1. The van der Waals surface area contributed by atoms with Crippen molar-refractivity contribution in [2.24, 2.45) is 5.92 Å². The number of carbonyl (C=O) groups excluding carboxylic acids is 1. The van der Waals surface area contributed by atoms with Crippen LogP contribution in [0.5, 0.6) is 0 Å². The van der Waals surface area contributed by atoms with E-state index in [-0.39, 0.29) is 46.7 Å². The van der Waals surface area contributed by atoms with Gasteiger partial charge in [0.25, 0.3) is 5.69 Å². The molecule has 0 aromatic heterocycles. The van der Waals surface area contributed by atoms with Crippen LogP contribution in [0.4, 0.5) is 10.1 Å². The number of rotatable bonds is 7. The van der Waals surface area contributed by atoms with Crippen molar-refractivity contribution in [3.63, 3.8) is 0 Å². The molecule has 33 heavy (non-hydrogen) atoms. The van der Waals surface area contributed by atoms with E-state index in [1.54, 1.807) is 19.1 Å². The van der Waals surface area contributed by atoms with Gasteiger partial charge in [-0.05, 0) is 55.9 Å². The quantitative estimate of drug-likeness (QED) is 0.488. The lowest BCUT2D eigenvalue weighted by Gasteiger charge is -2.31. The summed E-state index contributed by atoms with van der Waals surface area (Å²) in [6.07, 6.45) is 2.61. The topological polar surface area (TPSA) is 110 Å². The van der Waals surface area contributed by atoms with Gasteiger partial charge in [0, 0.05) is 43.1 Å². The molecule has 4 rings (SSSR count). The summed E-state index contributed by atoms with van der Waals surface area (Å²) in [6, 6.07) is 10.2. The molecule has 2 fully saturated rings. The van der Waals surface area contributed by atoms with Crippen LogP contribution in [-0.4, -0.2) is 43.2 Å². The third kappa shape index (κ3) is 4.77. The molecule has 176 valence electrons. The van der Waals surface area contributed by atoms with E-state index in [2.05, 4.69) is 5.32 Å². The Bertz CT molecular complexity index is 1170. The number of amides is 1. The number of nitro benzene ring substituents is 1. The Labute approximate surface area is 192 Å². The standard InChI is InChI=1S/C23H26FN3O5S/c1-16-2-7-20(27(29)30)14-21(16)33(31,32)26-12-8-17(9-13-26)22(28)25-15-23(10-11-23)18-3-5-19(24)6-4-18/h2-7,14,17H,8-13,15H2,1H3,(H,25,28). The molecule has 0 unspecified atom stereocenters. The van der Waals surface area contributed by atoms with Crippen molar-refractivity contribution in [2.45, 2.75) is 42.9 Å². The molecule has 1 N–H and O–H groups in total. The van der Waals surface area contributed by atoms with Crippen molar-refractivity contribution in [3.05, 3.63) is 69.5 Å². The lowest BCUT2D eigenvalue weighted by atomic mass is 9.94. The largest absolute Gasteiger partial charge is 0.355 e. The molecule has 1 saturated heterocycles. The first-order valence-corrected chi connectivity index (χ1v) is 12.4. The maximum atomic E-state index is 13.2. The Morgan fingerprint density at radius 3 is 2.39 bits per heavy atom. The van der Waals surface area contributed by atoms with E-state index >= 15 is 0 Å². The summed E-state index contributed by atoms with van der Waals surface area (Å²) in [5.74, 6) is -0.695. The first-order chi connectivity index (χ1) is 15.6. The zero-order valence-corrected chi connectivity index (χ0v) is 19.1. The van der Waals surface area contributed by atoms with Crippen molar-refractivity contribution >= 4 is 21.6 Å². The van der Waals surface area contributed by atoms with Crippen LogP contribution in [0.3, 0.4) is 0 Å². The molecule has 2 aromatic rings. The van der Waals surface area contributed by atoms with Crippen molar-refractivity contribution < 1.29 is 22.5 Å². The highest BCUT2D eigenvalue weighted by molar-refractivity contribution is 7.89. The van der Waals surface area contributed by atoms with Crippen LogP contribution in [0.2, 0.25) is 0 Å². The highest BCUT2D eigenvalue weighted by Gasteiger charge is 2.44. The number of benzene rings is 2. The van der Waals surface area contributed by atoms with E-state index in [1.165, 1.54) is 28.6 Å². The summed E-state index contributed by atoms with van der Waals surface area (Å²) >= 11 is 0. The first kappa shape index (κ1) is 23.3. The Morgan fingerprint density at radius 2 is 1.82 bits per heavy atom. The molecule has 1 heterocycles. The van der Waals surface area contributed by atoms with Crippen LogP contribution >= 0.6 is 0 Å². The number of halogens is 1. The van der Waals surface area contributed by atoms with Gasteiger partial charge in [-0.2, -0.15) is 4.31 Å². The molecule has 2 aliphatic rings. The van der Waals surface area contributed by atoms with E-state index in [1.807, 2.05) is 0 Å². The summed E-state index contributed by atoms with van der Waals surface area (Å²) in [5.41, 5.74) is 1.03. The third-order valence-electron chi connectivity index (χ3n) is 6.74. The summed E-state index contributed by atoms with van der Waals surface area (Å²) in [4.78, 5) is 23.1. The van der Waals surface area contributed by atoms with Gasteiger partial charge < -0.3 is 5.32 Å². The minimum atomic E-state index is -3.90. The Balaban J connectivity index is 1.36. The van der Waals surface area contributed by atoms with Gasteiger partial charge in [0.1, 0.15) is 5.82 Å². The van der Waals surface area contributed by atoms with Gasteiger partial charge in [0.2, 0.25) is 15.9 Å². The van der Waals surface area contributed by atoms with Crippen LogP contribution in [0.1, 0.15) is 36.8 Å². The second-order valence-corrected chi connectivity index (χ2v) is 10.8. The molecule has 0 atom stereocenters. The minimum absolute atomic E-state index is 0.0745. The van der Waals surface area contributed by atoms with E-state index in [9.17, 15) is 27.7 Å². The zero-order chi connectivity index (χ0) is 23.8. The minimum Gasteiger partial charge on any atom is -0.355 e. The summed E-state index contributed by atoms with van der Waals surface area (Å²) in [6.45, 7) is 2.42. The van der Waals surface area contributed by atoms with Gasteiger partial charge in [0.15, 0.2) is 0 Å². The number of hydrogen-bond acceptors (Lipinski definition) is 5. The molecule has 10 heteroatoms. The molecule has 0 radical (unpaired) electrons. The lowest BCUT2D eigenvalue weighted by Crippen LogP contribution is -2.44. The fourth-order valence-corrected chi connectivity index (χ4v) is 6.11. The smallest absolute Gasteiger partial charge is 0.270 e. The molecule has 1 aliphatic carbocycles. The van der Waals surface area contributed by atoms with Crippen molar-refractivity contribution in [3.8, 4) is 0 Å². The number of aryl methyl sites for hydroxylation is 1. The Hall–Kier alpha value is -2.85. The summed E-state index contributed by atoms with van der Waals surface area (Å²) in [5, 5.41) is 14.1. The van der Waals surface area contributed by atoms with E-state index in [0.29, 0.717) is 24.9 Å². The van der Waals surface area contributed by atoms with Gasteiger partial charge in [-0.1, -0.05) is 18.2 Å². The maximum absolute atomic E-state index is 13.2. The molecular formula is C23H26FN3O5S. The van der Waals surface area contributed by atoms with Gasteiger partial charge in [-0.15, -0.1) is 0 Å². The molecule has 1 aliphatic heterocycles. The number of nitrogens with zero attached hydrogens (tertiary/aromatic N) is 2. The Kier molecular flexibility index (Phi) is 6.24. The molecule has 1 saturated carbocycles. The zero-order valence-electron chi connectivity index (χ0n) is 18.3. The lowest BCUT2D eigenvalue weighted by molar-refractivity contribution is -0.385. The summed E-state index contributed by atoms with van der Waals surface area (Å²) in [7, 11) is -3.90. The molecule has 0 bridgehead atoms. The monoisotopic (exact) mass is 475 g/mol. The van der Waals surface area contributed by atoms with Crippen LogP contribution in [0.25, 0.3) is 0 Å². The number of sulfonamides is 1. The average molecular weight is 476 g/mol. The molecule has 8 nitrogen and oxygen atoms in total. The first-order valence-electron chi connectivity index (χ1n) is 10.9. The maximum Gasteiger partial charge on any atom is 0.270 e. The number of nitro groups is 1. The summed E-state index contributed by atoms with van der Waals surface area (Å²) < 4.78 is 40.7. The van der Waals surface area contributed by atoms with Gasteiger partial charge in [-0.25, -0.2) is 12.8 Å². The molecule has 0 spiro atoms. The normalized spacial score (nSPS) is 18.6. The van der Waals surface area contributed by atoms with E-state index in [4.69, 9.17) is 0 Å². The van der Waals surface area contributed by atoms with Gasteiger partial charge in [-0.3, -0.25) is 14.9 Å². The average Bonchev–Trinajstić information content (AvgIpc) is 3.59. The molecule has 2 aromatic carbocycles. The SMILES string of the molecule is Cc1ccc([N+](=O)[O-])cc1S(=O)(=O)N1CCC(C(=O)NCC2(c3ccc(F)cc3)CC2)CC1. The van der Waals surface area contributed by atoms with Crippen molar-refractivity contribution in [1.29, 1.82) is 0 Å². The predicted molar refractivity (Wildman–Crippen MR) is 120 cm³/mol. The van der Waals surface area contributed by atoms with Gasteiger partial charge in [0.05, 0.1) is 9.82 Å². The van der Waals surface area contributed by atoms with Crippen molar-refractivity contribution in [1.82, 2.24) is 9.62 Å². The van der Waals surface area contributed by atoms with Crippen LogP contribution in [0.15, 0.2) is 47.4 Å². The number of non-ortho nitro benzene ring substituents is 1. The fourth-order valence-electron chi connectivity index (χ4n) is 4.40. The van der Waals surface area contributed by atoms with E-state index < -0.39 is 14.9 Å². The van der Waals surface area contributed by atoms with Crippen LogP contribution in [-0.2, 0) is 20.2 Å². The molecular weight excluding hydrogens is 449 g/mol. The Morgan fingerprint density at radius 1 is 1.18 bits per heavy atom.